The van der Waals surface area contributed by atoms with Crippen LogP contribution in [-0.4, -0.2) is 0 Å². The summed E-state index contributed by atoms with van der Waals surface area (Å²) in [6.45, 7) is 0. The van der Waals surface area contributed by atoms with Gasteiger partial charge in [-0.1, -0.05) is 188 Å². The Hall–Kier alpha value is -8.40. The molecule has 3 heteroatoms. The molecule has 0 amide bonds. The van der Waals surface area contributed by atoms with E-state index >= 15 is 0 Å². The van der Waals surface area contributed by atoms with Crippen molar-refractivity contribution in [1.29, 1.82) is 0 Å². The predicted octanol–water partition coefficient (Wildman–Crippen LogP) is 16.4. The number of ether oxygens (including phenoxy) is 2. The second kappa shape index (κ2) is 14.3. The Bertz CT molecular complexity index is 3420. The molecule has 1 aliphatic heterocycles. The third-order valence-electron chi connectivity index (χ3n) is 13.3. The smallest absolute Gasteiger partial charge is 0.178 e. The minimum Gasteiger partial charge on any atom is -0.449 e. The van der Waals surface area contributed by atoms with Gasteiger partial charge in [0.2, 0.25) is 0 Å². The molecule has 3 aliphatic rings. The van der Waals surface area contributed by atoms with E-state index in [0.29, 0.717) is 17.2 Å². The summed E-state index contributed by atoms with van der Waals surface area (Å²) in [4.78, 5) is 2.34. The van der Waals surface area contributed by atoms with Crippen molar-refractivity contribution in [3.8, 4) is 78.6 Å². The summed E-state index contributed by atoms with van der Waals surface area (Å²) >= 11 is 0. The molecule has 0 saturated carbocycles. The highest BCUT2D eigenvalue weighted by atomic mass is 16.6. The lowest BCUT2D eigenvalue weighted by Gasteiger charge is -2.31. The molecule has 300 valence electrons. The second-order valence-corrected chi connectivity index (χ2v) is 16.7. The van der Waals surface area contributed by atoms with Crippen LogP contribution in [0.2, 0.25) is 0 Å². The maximum atomic E-state index is 7.16. The van der Waals surface area contributed by atoms with Crippen molar-refractivity contribution in [2.45, 2.75) is 5.41 Å². The maximum absolute atomic E-state index is 7.16. The first-order chi connectivity index (χ1) is 31.8. The topological polar surface area (TPSA) is 21.7 Å². The fourth-order valence-corrected chi connectivity index (χ4v) is 10.7. The largest absolute Gasteiger partial charge is 0.449 e. The molecule has 3 nitrogen and oxygen atoms in total. The molecule has 10 aromatic rings. The number of anilines is 3. The van der Waals surface area contributed by atoms with Crippen LogP contribution < -0.4 is 14.4 Å². The maximum Gasteiger partial charge on any atom is 0.178 e. The molecule has 0 unspecified atom stereocenters. The van der Waals surface area contributed by atoms with Crippen LogP contribution in [0.3, 0.4) is 0 Å². The highest BCUT2D eigenvalue weighted by Crippen LogP contribution is 2.66. The van der Waals surface area contributed by atoms with Crippen LogP contribution in [0.5, 0.6) is 23.0 Å². The van der Waals surface area contributed by atoms with Gasteiger partial charge in [-0.2, -0.15) is 0 Å². The van der Waals surface area contributed by atoms with E-state index in [1.54, 1.807) is 0 Å². The van der Waals surface area contributed by atoms with E-state index < -0.39 is 5.41 Å². The minimum atomic E-state index is -0.471. The summed E-state index contributed by atoms with van der Waals surface area (Å²) in [6, 6.07) is 84.6. The molecule has 13 rings (SSSR count). The van der Waals surface area contributed by atoms with Crippen LogP contribution in [0.15, 0.2) is 237 Å². The summed E-state index contributed by atoms with van der Waals surface area (Å²) in [6.07, 6.45) is 0. The van der Waals surface area contributed by atoms with E-state index in [1.807, 2.05) is 6.07 Å². The fraction of sp³-hybridized carbons (Fsp3) is 0.0164. The van der Waals surface area contributed by atoms with Crippen LogP contribution in [0.1, 0.15) is 22.3 Å². The molecular formula is C61H39NO2. The van der Waals surface area contributed by atoms with E-state index in [0.717, 1.165) is 50.6 Å². The van der Waals surface area contributed by atoms with Gasteiger partial charge in [0.15, 0.2) is 23.0 Å². The lowest BCUT2D eigenvalue weighted by Crippen LogP contribution is -2.25. The van der Waals surface area contributed by atoms with Gasteiger partial charge >= 0.3 is 0 Å². The zero-order valence-electron chi connectivity index (χ0n) is 34.8. The van der Waals surface area contributed by atoms with Gasteiger partial charge in [0.05, 0.1) is 11.1 Å². The second-order valence-electron chi connectivity index (χ2n) is 16.7. The van der Waals surface area contributed by atoms with Gasteiger partial charge < -0.3 is 14.4 Å². The number of hydrogen-bond donors (Lipinski definition) is 0. The number of hydrogen-bond acceptors (Lipinski definition) is 3. The molecule has 0 saturated heterocycles. The Balaban J connectivity index is 0.934. The number of nitrogens with zero attached hydrogens (tertiary/aromatic N) is 1. The Kier molecular flexibility index (Phi) is 8.13. The van der Waals surface area contributed by atoms with E-state index in [-0.39, 0.29) is 0 Å². The molecule has 1 spiro atoms. The third kappa shape index (κ3) is 5.34. The monoisotopic (exact) mass is 817 g/mol. The Labute approximate surface area is 372 Å². The minimum absolute atomic E-state index is 0.471. The molecule has 2 aliphatic carbocycles. The van der Waals surface area contributed by atoms with E-state index in [2.05, 4.69) is 235 Å². The summed E-state index contributed by atoms with van der Waals surface area (Å²) in [5.41, 5.74) is 19.2. The molecular weight excluding hydrogens is 779 g/mol. The summed E-state index contributed by atoms with van der Waals surface area (Å²) in [7, 11) is 0. The Morgan fingerprint density at radius 3 is 1.52 bits per heavy atom. The number of fused-ring (bicyclic) bond motifs is 13. The highest BCUT2D eigenvalue weighted by Gasteiger charge is 2.53. The quantitative estimate of drug-likeness (QED) is 0.167. The molecule has 0 N–H and O–H groups in total. The first-order valence-electron chi connectivity index (χ1n) is 21.9. The van der Waals surface area contributed by atoms with Gasteiger partial charge in [0.25, 0.3) is 0 Å². The predicted molar refractivity (Wildman–Crippen MR) is 260 cm³/mol. The fourth-order valence-electron chi connectivity index (χ4n) is 10.7. The molecule has 0 atom stereocenters. The van der Waals surface area contributed by atoms with Gasteiger partial charge in [-0.3, -0.25) is 0 Å². The van der Waals surface area contributed by atoms with Crippen molar-refractivity contribution in [1.82, 2.24) is 0 Å². The molecule has 0 aromatic heterocycles. The first kappa shape index (κ1) is 36.3. The molecule has 10 aromatic carbocycles. The molecule has 0 bridgehead atoms. The Morgan fingerprint density at radius 1 is 0.297 bits per heavy atom. The lowest BCUT2D eigenvalue weighted by atomic mass is 9.70. The van der Waals surface area contributed by atoms with Gasteiger partial charge in [-0.05, 0) is 110 Å². The van der Waals surface area contributed by atoms with Gasteiger partial charge in [0.1, 0.15) is 0 Å². The summed E-state index contributed by atoms with van der Waals surface area (Å²) in [5, 5.41) is 0. The zero-order valence-corrected chi connectivity index (χ0v) is 34.8. The van der Waals surface area contributed by atoms with Crippen molar-refractivity contribution < 1.29 is 9.47 Å². The first-order valence-corrected chi connectivity index (χ1v) is 21.9. The highest BCUT2D eigenvalue weighted by molar-refractivity contribution is 5.98. The normalized spacial score (nSPS) is 13.1. The average molecular weight is 818 g/mol. The van der Waals surface area contributed by atoms with Crippen LogP contribution in [-0.2, 0) is 5.41 Å². The molecule has 0 radical (unpaired) electrons. The Morgan fingerprint density at radius 2 is 0.781 bits per heavy atom. The van der Waals surface area contributed by atoms with E-state index in [1.165, 1.54) is 50.1 Å². The average Bonchev–Trinajstić information content (AvgIpc) is 3.84. The van der Waals surface area contributed by atoms with Gasteiger partial charge in [-0.25, -0.2) is 0 Å². The SMILES string of the molecule is c1ccc(-c2cccc(-c3cccc(N(c4ccccc4)c4ccccc4-c4cccc5c4Oc4ccc6c(c4O5)-c4ccccc4C64c5ccccc5-c5ccccc54)c3)c2)cc1. The van der Waals surface area contributed by atoms with E-state index in [9.17, 15) is 0 Å². The summed E-state index contributed by atoms with van der Waals surface area (Å²) < 4.78 is 14.3. The number of para-hydroxylation sites is 3. The van der Waals surface area contributed by atoms with Crippen LogP contribution in [0, 0.1) is 0 Å². The standard InChI is InChI=1S/C61H39NO2/c1-3-18-40(19-4-1)41-20-15-21-42(38-41)43-22-16-25-45(39-43)62(44-23-5-2-6-24-44)55-34-14-10-28-48(55)49-30-17-35-56-59(49)63-57-37-36-54-58(60(57)64-56)50-29-9-13-33-53(50)61(54)51-31-11-7-26-46(51)47-27-8-12-32-52(47)61/h1-39H. The van der Waals surface area contributed by atoms with E-state index in [4.69, 9.17) is 9.47 Å². The van der Waals surface area contributed by atoms with Crippen molar-refractivity contribution >= 4 is 17.1 Å². The van der Waals surface area contributed by atoms with Gasteiger partial charge in [0, 0.05) is 28.1 Å². The number of rotatable bonds is 6. The van der Waals surface area contributed by atoms with Crippen molar-refractivity contribution in [2.75, 3.05) is 4.90 Å². The number of benzene rings is 10. The van der Waals surface area contributed by atoms with Crippen LogP contribution in [0.25, 0.3) is 55.6 Å². The van der Waals surface area contributed by atoms with Crippen LogP contribution in [0.4, 0.5) is 17.1 Å². The summed E-state index contributed by atoms with van der Waals surface area (Å²) in [5.74, 6) is 2.83. The van der Waals surface area contributed by atoms with Crippen molar-refractivity contribution in [3.05, 3.63) is 259 Å². The molecule has 0 fully saturated rings. The molecule has 1 heterocycles. The van der Waals surface area contributed by atoms with Crippen molar-refractivity contribution in [3.63, 3.8) is 0 Å². The van der Waals surface area contributed by atoms with Crippen molar-refractivity contribution in [2.24, 2.45) is 0 Å². The lowest BCUT2D eigenvalue weighted by molar-refractivity contribution is 0.361. The molecule has 64 heavy (non-hydrogen) atoms. The van der Waals surface area contributed by atoms with Gasteiger partial charge in [-0.15, -0.1) is 0 Å². The zero-order chi connectivity index (χ0) is 42.2. The van der Waals surface area contributed by atoms with Crippen LogP contribution >= 0.6 is 0 Å². The third-order valence-corrected chi connectivity index (χ3v) is 13.3.